The molecule has 4 atom stereocenters. The molecule has 0 spiro atoms. The van der Waals surface area contributed by atoms with Gasteiger partial charge in [0.1, 0.15) is 37.6 Å². The van der Waals surface area contributed by atoms with Crippen molar-refractivity contribution in [3.8, 4) is 0 Å². The molecule has 0 aliphatic carbocycles. The van der Waals surface area contributed by atoms with Gasteiger partial charge in [-0.15, -0.1) is 32.3 Å². The summed E-state index contributed by atoms with van der Waals surface area (Å²) in [6.45, 7) is -2.74. The summed E-state index contributed by atoms with van der Waals surface area (Å²) in [4.78, 5) is 24.3. The Morgan fingerprint density at radius 3 is 0.933 bits per heavy atom. The van der Waals surface area contributed by atoms with E-state index in [1.54, 1.807) is 0 Å². The molecule has 182 valence electrons. The zero-order chi connectivity index (χ0) is 23.4. The Hall–Kier alpha value is -0.960. The van der Waals surface area contributed by atoms with E-state index >= 15 is 0 Å². The Morgan fingerprint density at radius 2 is 0.733 bits per heavy atom. The second-order valence-corrected chi connectivity index (χ2v) is 4.45. The van der Waals surface area contributed by atoms with Gasteiger partial charge in [-0.05, 0) is 0 Å². The van der Waals surface area contributed by atoms with Crippen LogP contribution in [0, 0.1) is 31.2 Å². The van der Waals surface area contributed by atoms with Crippen LogP contribution >= 0.6 is 0 Å². The summed E-state index contributed by atoms with van der Waals surface area (Å²) in [5, 5.41) is 108. The number of hydrogen-bond acceptors (Lipinski definition) is 24. The Kier molecular flexibility index (Phi) is 14.5. The van der Waals surface area contributed by atoms with Crippen molar-refractivity contribution in [3.05, 3.63) is 31.2 Å². The lowest BCUT2D eigenvalue weighted by Crippen LogP contribution is -2.56. The third-order valence-electron chi connectivity index (χ3n) is 2.63. The standard InChI is InChI=1S/C6H14N6O18/c13-7(14)25-1-3(27-9(17)18)5(29-11(21)22)6(30-12(23)24)4(28-10(19)20)2-26-8(15)16/h3-6,13,15,17,19,21,23H,1-2H2/q-6/t3-,4-,5-,6+/m0/s1. The summed E-state index contributed by atoms with van der Waals surface area (Å²) < 4.78 is 0. The molecule has 6 N–H and O–H groups in total. The second kappa shape index (κ2) is 14.9. The minimum absolute atomic E-state index is 1.24. The normalized spacial score (nSPS) is 17.0. The lowest BCUT2D eigenvalue weighted by Gasteiger charge is -2.42. The van der Waals surface area contributed by atoms with Crippen LogP contribution < -0.4 is 0 Å². The van der Waals surface area contributed by atoms with Crippen LogP contribution in [0.1, 0.15) is 0 Å². The van der Waals surface area contributed by atoms with Crippen molar-refractivity contribution in [2.75, 3.05) is 13.2 Å². The number of nitrogens with zero attached hydrogens (tertiary/aromatic N) is 6. The molecular formula is C6H14N6O18-6. The first-order valence-corrected chi connectivity index (χ1v) is 6.73. The fraction of sp³-hybridized carbons (Fsp3) is 1.00. The smallest absolute Gasteiger partial charge is 0.142 e. The van der Waals surface area contributed by atoms with Crippen LogP contribution in [-0.4, -0.2) is 101 Å². The lowest BCUT2D eigenvalue weighted by molar-refractivity contribution is -0.447. The van der Waals surface area contributed by atoms with Crippen molar-refractivity contribution in [1.29, 1.82) is 0 Å². The molecular weight excluding hydrogens is 444 g/mol. The Bertz CT molecular complexity index is 390. The van der Waals surface area contributed by atoms with Crippen molar-refractivity contribution >= 4 is 0 Å². The van der Waals surface area contributed by atoms with E-state index in [-0.39, 0.29) is 0 Å². The average Bonchev–Trinajstić information content (AvgIpc) is 2.57. The maximum atomic E-state index is 10.9. The van der Waals surface area contributed by atoms with E-state index < -0.39 is 70.0 Å². The zero-order valence-corrected chi connectivity index (χ0v) is 14.0. The van der Waals surface area contributed by atoms with Crippen LogP contribution in [0.5, 0.6) is 0 Å². The van der Waals surface area contributed by atoms with E-state index in [0.717, 1.165) is 0 Å². The monoisotopic (exact) mass is 458 g/mol. The summed E-state index contributed by atoms with van der Waals surface area (Å²) >= 11 is 0. The topological polar surface area (TPSA) is 335 Å². The SMILES string of the molecule is [O-]N(O)OC[C@H](ON([O-])O)[C@H](ON([O-])O)[C@H](ON([O-])O)[C@H](CON([O-])O)ON([O-])O. The van der Waals surface area contributed by atoms with Crippen LogP contribution in [-0.2, 0) is 29.0 Å². The Morgan fingerprint density at radius 1 is 0.467 bits per heavy atom. The molecule has 0 fully saturated rings. The highest BCUT2D eigenvalue weighted by molar-refractivity contribution is 4.85. The minimum Gasteiger partial charge on any atom is -0.738 e. The predicted molar refractivity (Wildman–Crippen MR) is 73.4 cm³/mol. The molecule has 0 aliphatic rings. The summed E-state index contributed by atoms with van der Waals surface area (Å²) in [5.74, 6) is 0. The van der Waals surface area contributed by atoms with Gasteiger partial charge in [0.05, 0.1) is 0 Å². The first-order chi connectivity index (χ1) is 13.8. The lowest BCUT2D eigenvalue weighted by atomic mass is 10.0. The van der Waals surface area contributed by atoms with Crippen LogP contribution in [0.25, 0.3) is 0 Å². The molecule has 0 aromatic carbocycles. The Labute approximate surface area is 163 Å². The van der Waals surface area contributed by atoms with Gasteiger partial charge >= 0.3 is 0 Å². The van der Waals surface area contributed by atoms with Gasteiger partial charge in [0.2, 0.25) is 0 Å². The first kappa shape index (κ1) is 29.0. The third-order valence-corrected chi connectivity index (χ3v) is 2.63. The van der Waals surface area contributed by atoms with Crippen molar-refractivity contribution in [1.82, 2.24) is 32.3 Å². The van der Waals surface area contributed by atoms with Gasteiger partial charge < -0.3 is 62.5 Å². The van der Waals surface area contributed by atoms with Gasteiger partial charge in [0.15, 0.2) is 0 Å². The van der Waals surface area contributed by atoms with E-state index in [1.165, 1.54) is 0 Å². The highest BCUT2D eigenvalue weighted by atomic mass is 17.1. The molecule has 0 aromatic heterocycles. The molecule has 0 saturated heterocycles. The molecule has 24 nitrogen and oxygen atoms in total. The van der Waals surface area contributed by atoms with E-state index in [2.05, 4.69) is 29.0 Å². The van der Waals surface area contributed by atoms with Crippen LogP contribution in [0.15, 0.2) is 0 Å². The maximum absolute atomic E-state index is 10.9. The predicted octanol–water partition coefficient (Wildman–Crippen LogP) is -2.82. The van der Waals surface area contributed by atoms with Gasteiger partial charge in [0, 0.05) is 0 Å². The van der Waals surface area contributed by atoms with Gasteiger partial charge in [-0.25, -0.2) is 0 Å². The van der Waals surface area contributed by atoms with E-state index in [1.807, 2.05) is 0 Å². The molecule has 30 heavy (non-hydrogen) atoms. The molecule has 0 amide bonds. The zero-order valence-electron chi connectivity index (χ0n) is 14.0. The number of rotatable bonds is 17. The fourth-order valence-corrected chi connectivity index (χ4v) is 1.76. The Balaban J connectivity index is 6.01. The summed E-state index contributed by atoms with van der Waals surface area (Å²) in [6, 6.07) is 0. The molecule has 0 radical (unpaired) electrons. The molecule has 0 saturated carbocycles. The van der Waals surface area contributed by atoms with Crippen LogP contribution in [0.4, 0.5) is 0 Å². The fourth-order valence-electron chi connectivity index (χ4n) is 1.76. The largest absolute Gasteiger partial charge is 0.738 e. The highest BCUT2D eigenvalue weighted by Gasteiger charge is 2.42. The van der Waals surface area contributed by atoms with Crippen molar-refractivity contribution in [2.24, 2.45) is 0 Å². The van der Waals surface area contributed by atoms with Gasteiger partial charge in [-0.1, -0.05) is 0 Å². The average molecular weight is 458 g/mol. The van der Waals surface area contributed by atoms with Crippen molar-refractivity contribution in [3.63, 3.8) is 0 Å². The summed E-state index contributed by atoms with van der Waals surface area (Å²) in [7, 11) is 0. The second-order valence-electron chi connectivity index (χ2n) is 4.45. The molecule has 0 rings (SSSR count). The molecule has 0 aliphatic heterocycles. The van der Waals surface area contributed by atoms with Gasteiger partial charge in [-0.2, -0.15) is 0 Å². The van der Waals surface area contributed by atoms with E-state index in [4.69, 9.17) is 31.2 Å². The third kappa shape index (κ3) is 13.4. The molecule has 24 heteroatoms. The molecule has 0 unspecified atom stereocenters. The summed E-state index contributed by atoms with van der Waals surface area (Å²) in [5.41, 5.74) is 0. The van der Waals surface area contributed by atoms with Gasteiger partial charge in [0.25, 0.3) is 0 Å². The van der Waals surface area contributed by atoms with Crippen molar-refractivity contribution < 1.29 is 60.3 Å². The summed E-state index contributed by atoms with van der Waals surface area (Å²) in [6.07, 6.45) is -9.86. The van der Waals surface area contributed by atoms with Crippen LogP contribution in [0.3, 0.4) is 0 Å². The van der Waals surface area contributed by atoms with Gasteiger partial charge in [-0.3, -0.25) is 29.0 Å². The van der Waals surface area contributed by atoms with Crippen LogP contribution in [0.2, 0.25) is 0 Å². The van der Waals surface area contributed by atoms with E-state index in [0.29, 0.717) is 0 Å². The molecule has 0 heterocycles. The van der Waals surface area contributed by atoms with Crippen molar-refractivity contribution in [2.45, 2.75) is 24.4 Å². The quantitative estimate of drug-likeness (QED) is 0.120. The minimum atomic E-state index is -2.56. The highest BCUT2D eigenvalue weighted by Crippen LogP contribution is 2.21. The maximum Gasteiger partial charge on any atom is 0.142 e. The number of hydrogen-bond donors (Lipinski definition) is 6. The first-order valence-electron chi connectivity index (χ1n) is 6.73. The molecule has 0 bridgehead atoms. The molecule has 0 aromatic rings. The van der Waals surface area contributed by atoms with E-state index in [9.17, 15) is 31.2 Å².